The number of nitrogens with zero attached hydrogens (tertiary/aromatic N) is 1. The number of amides is 1. The number of hydrogen-bond acceptors (Lipinski definition) is 4. The van der Waals surface area contributed by atoms with Gasteiger partial charge in [0.1, 0.15) is 12.4 Å². The molecule has 0 aliphatic heterocycles. The molecular weight excluding hydrogens is 290 g/mol. The average Bonchev–Trinajstić information content (AvgIpc) is 2.55. The Bertz CT molecular complexity index is 690. The number of benzene rings is 2. The summed E-state index contributed by atoms with van der Waals surface area (Å²) in [5.74, 6) is 0.614. The van der Waals surface area contributed by atoms with E-state index in [-0.39, 0.29) is 5.91 Å². The highest BCUT2D eigenvalue weighted by atomic mass is 16.5. The van der Waals surface area contributed by atoms with Crippen LogP contribution >= 0.6 is 0 Å². The molecule has 23 heavy (non-hydrogen) atoms. The van der Waals surface area contributed by atoms with E-state index >= 15 is 0 Å². The van der Waals surface area contributed by atoms with E-state index in [1.54, 1.807) is 18.2 Å². The minimum atomic E-state index is -0.105. The molecule has 0 saturated heterocycles. The van der Waals surface area contributed by atoms with Gasteiger partial charge < -0.3 is 15.4 Å². The van der Waals surface area contributed by atoms with Crippen LogP contribution in [-0.2, 0) is 11.3 Å². The third-order valence-corrected chi connectivity index (χ3v) is 3.11. The standard InChI is InChI=1S/C18H19N3O2/c1-14(22)21-17-3-2-4-18(11-17)23-10-9-20-13-16-7-5-15(12-19)6-8-16/h2-8,11,20H,9-10,13H2,1H3,(H,21,22). The summed E-state index contributed by atoms with van der Waals surface area (Å²) in [5.41, 5.74) is 2.51. The fraction of sp³-hybridized carbons (Fsp3) is 0.222. The number of nitriles is 1. The van der Waals surface area contributed by atoms with Crippen molar-refractivity contribution in [3.05, 3.63) is 59.7 Å². The highest BCUT2D eigenvalue weighted by molar-refractivity contribution is 5.88. The molecule has 0 spiro atoms. The first-order valence-electron chi connectivity index (χ1n) is 7.37. The molecule has 1 amide bonds. The number of rotatable bonds is 7. The number of anilines is 1. The largest absolute Gasteiger partial charge is 0.492 e. The van der Waals surface area contributed by atoms with Crippen LogP contribution in [-0.4, -0.2) is 19.1 Å². The van der Waals surface area contributed by atoms with E-state index in [2.05, 4.69) is 16.7 Å². The number of ether oxygens (including phenoxy) is 1. The van der Waals surface area contributed by atoms with Crippen molar-refractivity contribution < 1.29 is 9.53 Å². The van der Waals surface area contributed by atoms with E-state index in [0.29, 0.717) is 18.7 Å². The first-order valence-corrected chi connectivity index (χ1v) is 7.37. The maximum Gasteiger partial charge on any atom is 0.221 e. The first-order chi connectivity index (χ1) is 11.2. The van der Waals surface area contributed by atoms with Gasteiger partial charge >= 0.3 is 0 Å². The van der Waals surface area contributed by atoms with E-state index in [0.717, 1.165) is 23.5 Å². The summed E-state index contributed by atoms with van der Waals surface area (Å²) in [6.45, 7) is 3.42. The predicted octanol–water partition coefficient (Wildman–Crippen LogP) is 2.69. The number of nitrogens with one attached hydrogen (secondary N) is 2. The fourth-order valence-electron chi connectivity index (χ4n) is 2.04. The molecule has 0 aromatic heterocycles. The summed E-state index contributed by atoms with van der Waals surface area (Å²) in [6.07, 6.45) is 0. The molecule has 0 aliphatic rings. The van der Waals surface area contributed by atoms with Crippen LogP contribution in [0.4, 0.5) is 5.69 Å². The van der Waals surface area contributed by atoms with Gasteiger partial charge in [0.25, 0.3) is 0 Å². The Kier molecular flexibility index (Phi) is 6.16. The zero-order valence-electron chi connectivity index (χ0n) is 13.0. The molecule has 2 aromatic rings. The number of hydrogen-bond donors (Lipinski definition) is 2. The third kappa shape index (κ3) is 5.81. The molecule has 0 heterocycles. The predicted molar refractivity (Wildman–Crippen MR) is 89.1 cm³/mol. The van der Waals surface area contributed by atoms with Gasteiger partial charge in [0, 0.05) is 31.8 Å². The normalized spacial score (nSPS) is 9.91. The maximum atomic E-state index is 11.0. The summed E-state index contributed by atoms with van der Waals surface area (Å²) in [7, 11) is 0. The van der Waals surface area contributed by atoms with Gasteiger partial charge in [-0.2, -0.15) is 5.26 Å². The van der Waals surface area contributed by atoms with Crippen molar-refractivity contribution in [1.29, 1.82) is 5.26 Å². The number of carbonyl (C=O) groups excluding carboxylic acids is 1. The fourth-order valence-corrected chi connectivity index (χ4v) is 2.04. The molecule has 0 unspecified atom stereocenters. The summed E-state index contributed by atoms with van der Waals surface area (Å²) in [5, 5.41) is 14.7. The second-order valence-corrected chi connectivity index (χ2v) is 5.04. The monoisotopic (exact) mass is 309 g/mol. The zero-order valence-corrected chi connectivity index (χ0v) is 13.0. The molecule has 0 radical (unpaired) electrons. The highest BCUT2D eigenvalue weighted by Gasteiger charge is 1.99. The molecular formula is C18H19N3O2. The van der Waals surface area contributed by atoms with Crippen LogP contribution in [0.3, 0.4) is 0 Å². The van der Waals surface area contributed by atoms with Gasteiger partial charge in [-0.25, -0.2) is 0 Å². The van der Waals surface area contributed by atoms with Crippen LogP contribution in [0.25, 0.3) is 0 Å². The zero-order chi connectivity index (χ0) is 16.5. The lowest BCUT2D eigenvalue weighted by Gasteiger charge is -2.09. The third-order valence-electron chi connectivity index (χ3n) is 3.11. The molecule has 0 fully saturated rings. The van der Waals surface area contributed by atoms with Crippen LogP contribution < -0.4 is 15.4 Å². The molecule has 0 saturated carbocycles. The molecule has 118 valence electrons. The molecule has 2 aromatic carbocycles. The Morgan fingerprint density at radius 3 is 2.70 bits per heavy atom. The van der Waals surface area contributed by atoms with Gasteiger partial charge in [0.05, 0.1) is 11.6 Å². The summed E-state index contributed by atoms with van der Waals surface area (Å²) in [6, 6.07) is 16.9. The van der Waals surface area contributed by atoms with E-state index < -0.39 is 0 Å². The Labute approximate surface area is 135 Å². The van der Waals surface area contributed by atoms with Gasteiger partial charge in [-0.05, 0) is 29.8 Å². The average molecular weight is 309 g/mol. The van der Waals surface area contributed by atoms with E-state index in [1.165, 1.54) is 6.92 Å². The lowest BCUT2D eigenvalue weighted by atomic mass is 10.1. The smallest absolute Gasteiger partial charge is 0.221 e. The van der Waals surface area contributed by atoms with Crippen molar-refractivity contribution in [2.45, 2.75) is 13.5 Å². The van der Waals surface area contributed by atoms with Crippen molar-refractivity contribution in [2.75, 3.05) is 18.5 Å². The van der Waals surface area contributed by atoms with Crippen molar-refractivity contribution in [3.63, 3.8) is 0 Å². The minimum absolute atomic E-state index is 0.105. The summed E-state index contributed by atoms with van der Waals surface area (Å²) in [4.78, 5) is 11.0. The van der Waals surface area contributed by atoms with Gasteiger partial charge in [-0.15, -0.1) is 0 Å². The minimum Gasteiger partial charge on any atom is -0.492 e. The van der Waals surface area contributed by atoms with Crippen LogP contribution in [0.15, 0.2) is 48.5 Å². The van der Waals surface area contributed by atoms with Gasteiger partial charge in [0.2, 0.25) is 5.91 Å². The van der Waals surface area contributed by atoms with Crippen LogP contribution in [0.5, 0.6) is 5.75 Å². The van der Waals surface area contributed by atoms with Gasteiger partial charge in [-0.1, -0.05) is 18.2 Å². The molecule has 0 atom stereocenters. The lowest BCUT2D eigenvalue weighted by Crippen LogP contribution is -2.20. The van der Waals surface area contributed by atoms with Gasteiger partial charge in [-0.3, -0.25) is 4.79 Å². The van der Waals surface area contributed by atoms with Crippen LogP contribution in [0.1, 0.15) is 18.1 Å². The topological polar surface area (TPSA) is 74.2 Å². The molecule has 2 N–H and O–H groups in total. The Morgan fingerprint density at radius 1 is 1.22 bits per heavy atom. The lowest BCUT2D eigenvalue weighted by molar-refractivity contribution is -0.114. The summed E-state index contributed by atoms with van der Waals surface area (Å²) < 4.78 is 5.65. The SMILES string of the molecule is CC(=O)Nc1cccc(OCCNCc2ccc(C#N)cc2)c1. The Hall–Kier alpha value is -2.84. The molecule has 0 bridgehead atoms. The summed E-state index contributed by atoms with van der Waals surface area (Å²) >= 11 is 0. The van der Waals surface area contributed by atoms with E-state index in [1.807, 2.05) is 30.3 Å². The van der Waals surface area contributed by atoms with Crippen molar-refractivity contribution in [2.24, 2.45) is 0 Å². The molecule has 2 rings (SSSR count). The van der Waals surface area contributed by atoms with Crippen LogP contribution in [0, 0.1) is 11.3 Å². The quantitative estimate of drug-likeness (QED) is 0.771. The van der Waals surface area contributed by atoms with Crippen molar-refractivity contribution in [1.82, 2.24) is 5.32 Å². The number of carbonyl (C=O) groups is 1. The molecule has 5 nitrogen and oxygen atoms in total. The second kappa shape index (κ2) is 8.57. The molecule has 5 heteroatoms. The van der Waals surface area contributed by atoms with Gasteiger partial charge in [0.15, 0.2) is 0 Å². The Morgan fingerprint density at radius 2 is 2.00 bits per heavy atom. The van der Waals surface area contributed by atoms with Crippen molar-refractivity contribution >= 4 is 11.6 Å². The van der Waals surface area contributed by atoms with Crippen molar-refractivity contribution in [3.8, 4) is 11.8 Å². The van der Waals surface area contributed by atoms with E-state index in [9.17, 15) is 4.79 Å². The molecule has 0 aliphatic carbocycles. The Balaban J connectivity index is 1.70. The maximum absolute atomic E-state index is 11.0. The first kappa shape index (κ1) is 16.5. The van der Waals surface area contributed by atoms with Crippen LogP contribution in [0.2, 0.25) is 0 Å². The van der Waals surface area contributed by atoms with E-state index in [4.69, 9.17) is 10.00 Å². The second-order valence-electron chi connectivity index (χ2n) is 5.04. The highest BCUT2D eigenvalue weighted by Crippen LogP contribution is 2.17.